The van der Waals surface area contributed by atoms with Crippen molar-refractivity contribution in [3.8, 4) is 0 Å². The van der Waals surface area contributed by atoms with Gasteiger partial charge >= 0.3 is 0 Å². The number of hydrogen-bond donors (Lipinski definition) is 1. The Labute approximate surface area is 116 Å². The number of nitrogens with two attached hydrogens (primary N) is 1. The summed E-state index contributed by atoms with van der Waals surface area (Å²) >= 11 is 0. The van der Waals surface area contributed by atoms with E-state index in [0.717, 1.165) is 32.5 Å². The molecule has 0 amide bonds. The number of para-hydroxylation sites is 1. The summed E-state index contributed by atoms with van der Waals surface area (Å²) < 4.78 is 5.09. The van der Waals surface area contributed by atoms with E-state index in [1.165, 1.54) is 17.7 Å². The summed E-state index contributed by atoms with van der Waals surface area (Å²) in [7, 11) is 1.74. The normalized spacial score (nSPS) is 20.2. The van der Waals surface area contributed by atoms with Gasteiger partial charge in [0.05, 0.1) is 0 Å². The molecule has 0 saturated heterocycles. The molecule has 2 atom stereocenters. The molecule has 0 fully saturated rings. The van der Waals surface area contributed by atoms with Gasteiger partial charge in [0.25, 0.3) is 0 Å². The van der Waals surface area contributed by atoms with Crippen LogP contribution >= 0.6 is 0 Å². The number of nitrogens with zero attached hydrogens (tertiary/aromatic N) is 1. The van der Waals surface area contributed by atoms with E-state index in [0.29, 0.717) is 5.92 Å². The van der Waals surface area contributed by atoms with Crippen molar-refractivity contribution in [3.63, 3.8) is 0 Å². The Bertz CT molecular complexity index is 394. The quantitative estimate of drug-likeness (QED) is 0.800. The van der Waals surface area contributed by atoms with Crippen LogP contribution in [0.1, 0.15) is 25.3 Å². The Morgan fingerprint density at radius 2 is 2.21 bits per heavy atom. The van der Waals surface area contributed by atoms with E-state index in [1.807, 2.05) is 0 Å². The van der Waals surface area contributed by atoms with E-state index in [2.05, 4.69) is 36.1 Å². The Morgan fingerprint density at radius 1 is 1.42 bits per heavy atom. The maximum absolute atomic E-state index is 6.25. The lowest BCUT2D eigenvalue weighted by Crippen LogP contribution is -2.42. The highest BCUT2D eigenvalue weighted by Crippen LogP contribution is 2.29. The van der Waals surface area contributed by atoms with Crippen molar-refractivity contribution in [3.05, 3.63) is 29.8 Å². The van der Waals surface area contributed by atoms with Crippen molar-refractivity contribution in [2.45, 2.75) is 32.2 Å². The lowest BCUT2D eigenvalue weighted by molar-refractivity contribution is 0.190. The van der Waals surface area contributed by atoms with Gasteiger partial charge in [-0.05, 0) is 36.8 Å². The number of methoxy groups -OCH3 is 1. The zero-order valence-electron chi connectivity index (χ0n) is 12.1. The summed E-state index contributed by atoms with van der Waals surface area (Å²) in [5, 5.41) is 0. The molecule has 2 N–H and O–H groups in total. The minimum absolute atomic E-state index is 0.230. The van der Waals surface area contributed by atoms with Gasteiger partial charge in [0.15, 0.2) is 0 Å². The first kappa shape index (κ1) is 14.4. The predicted octanol–water partition coefficient (Wildman–Crippen LogP) is 2.44. The molecule has 1 aliphatic rings. The fourth-order valence-corrected chi connectivity index (χ4v) is 2.94. The third-order valence-corrected chi connectivity index (χ3v) is 3.81. The van der Waals surface area contributed by atoms with Gasteiger partial charge in [-0.1, -0.05) is 25.1 Å². The molecule has 0 bridgehead atoms. The number of anilines is 1. The summed E-state index contributed by atoms with van der Waals surface area (Å²) in [6.45, 7) is 5.19. The minimum atomic E-state index is 0.230. The Balaban J connectivity index is 1.96. The fraction of sp³-hybridized carbons (Fsp3) is 0.625. The topological polar surface area (TPSA) is 38.5 Å². The highest BCUT2D eigenvalue weighted by molar-refractivity contribution is 5.55. The van der Waals surface area contributed by atoms with Gasteiger partial charge in [-0.2, -0.15) is 0 Å². The largest absolute Gasteiger partial charge is 0.385 e. The number of hydrogen-bond acceptors (Lipinski definition) is 3. The molecule has 0 saturated carbocycles. The SMILES string of the molecule is COCCCC(N)CN1CC(C)Cc2ccccc21. The molecule has 1 aromatic carbocycles. The van der Waals surface area contributed by atoms with E-state index >= 15 is 0 Å². The Hall–Kier alpha value is -1.06. The van der Waals surface area contributed by atoms with Crippen LogP contribution in [0, 0.1) is 5.92 Å². The molecule has 19 heavy (non-hydrogen) atoms. The molecule has 0 aliphatic carbocycles. The van der Waals surface area contributed by atoms with Crippen LogP contribution in [0.3, 0.4) is 0 Å². The van der Waals surface area contributed by atoms with E-state index in [1.54, 1.807) is 7.11 Å². The second-order valence-corrected chi connectivity index (χ2v) is 5.74. The van der Waals surface area contributed by atoms with E-state index < -0.39 is 0 Å². The summed E-state index contributed by atoms with van der Waals surface area (Å²) in [5.41, 5.74) is 9.09. The van der Waals surface area contributed by atoms with Gasteiger partial charge in [0, 0.05) is 38.5 Å². The average molecular weight is 262 g/mol. The van der Waals surface area contributed by atoms with Crippen molar-refractivity contribution in [1.82, 2.24) is 0 Å². The third-order valence-electron chi connectivity index (χ3n) is 3.81. The van der Waals surface area contributed by atoms with Gasteiger partial charge in [0.1, 0.15) is 0 Å². The van der Waals surface area contributed by atoms with Gasteiger partial charge in [-0.15, -0.1) is 0 Å². The molecule has 1 aliphatic heterocycles. The van der Waals surface area contributed by atoms with Gasteiger partial charge in [0.2, 0.25) is 0 Å². The molecular weight excluding hydrogens is 236 g/mol. The van der Waals surface area contributed by atoms with Crippen LogP contribution in [0.25, 0.3) is 0 Å². The third kappa shape index (κ3) is 3.95. The molecule has 2 rings (SSSR count). The summed E-state index contributed by atoms with van der Waals surface area (Å²) in [6, 6.07) is 8.96. The molecule has 1 heterocycles. The van der Waals surface area contributed by atoms with E-state index in [9.17, 15) is 0 Å². The number of benzene rings is 1. The molecule has 0 aromatic heterocycles. The van der Waals surface area contributed by atoms with Gasteiger partial charge in [-0.25, -0.2) is 0 Å². The predicted molar refractivity (Wildman–Crippen MR) is 80.6 cm³/mol. The maximum atomic E-state index is 6.25. The number of fused-ring (bicyclic) bond motifs is 1. The minimum Gasteiger partial charge on any atom is -0.385 e. The van der Waals surface area contributed by atoms with Crippen LogP contribution in [0.15, 0.2) is 24.3 Å². The molecule has 106 valence electrons. The van der Waals surface area contributed by atoms with Crippen LogP contribution in [-0.4, -0.2) is 32.8 Å². The van der Waals surface area contributed by atoms with Crippen molar-refractivity contribution in [1.29, 1.82) is 0 Å². The molecule has 0 radical (unpaired) electrons. The van der Waals surface area contributed by atoms with Crippen LogP contribution in [-0.2, 0) is 11.2 Å². The van der Waals surface area contributed by atoms with Crippen molar-refractivity contribution >= 4 is 5.69 Å². The Morgan fingerprint density at radius 3 is 3.00 bits per heavy atom. The van der Waals surface area contributed by atoms with Crippen LogP contribution in [0.4, 0.5) is 5.69 Å². The maximum Gasteiger partial charge on any atom is 0.0462 e. The second-order valence-electron chi connectivity index (χ2n) is 5.74. The van der Waals surface area contributed by atoms with E-state index in [-0.39, 0.29) is 6.04 Å². The smallest absolute Gasteiger partial charge is 0.0462 e. The first-order valence-electron chi connectivity index (χ1n) is 7.28. The monoisotopic (exact) mass is 262 g/mol. The first-order chi connectivity index (χ1) is 9.20. The standard InChI is InChI=1S/C16H26N2O/c1-13-10-14-6-3-4-8-16(14)18(11-13)12-15(17)7-5-9-19-2/h3-4,6,8,13,15H,5,7,9-12,17H2,1-2H3. The van der Waals surface area contributed by atoms with Gasteiger partial charge in [-0.3, -0.25) is 0 Å². The molecule has 2 unspecified atom stereocenters. The van der Waals surface area contributed by atoms with Crippen molar-refractivity contribution in [2.75, 3.05) is 31.7 Å². The van der Waals surface area contributed by atoms with Crippen LogP contribution < -0.4 is 10.6 Å². The van der Waals surface area contributed by atoms with Crippen LogP contribution in [0.5, 0.6) is 0 Å². The first-order valence-corrected chi connectivity index (χ1v) is 7.28. The summed E-state index contributed by atoms with van der Waals surface area (Å²) in [4.78, 5) is 2.46. The Kier molecular flexibility index (Phi) is 5.23. The number of ether oxygens (including phenoxy) is 1. The average Bonchev–Trinajstić information content (AvgIpc) is 2.39. The summed E-state index contributed by atoms with van der Waals surface area (Å²) in [5.74, 6) is 0.709. The molecule has 0 spiro atoms. The lowest BCUT2D eigenvalue weighted by Gasteiger charge is -2.36. The fourth-order valence-electron chi connectivity index (χ4n) is 2.94. The van der Waals surface area contributed by atoms with E-state index in [4.69, 9.17) is 10.5 Å². The number of rotatable bonds is 6. The molecule has 3 heteroatoms. The van der Waals surface area contributed by atoms with Gasteiger partial charge < -0.3 is 15.4 Å². The highest BCUT2D eigenvalue weighted by atomic mass is 16.5. The molecule has 1 aromatic rings. The second kappa shape index (κ2) is 6.92. The van der Waals surface area contributed by atoms with Crippen LogP contribution in [0.2, 0.25) is 0 Å². The zero-order valence-corrected chi connectivity index (χ0v) is 12.1. The lowest BCUT2D eigenvalue weighted by atomic mass is 9.93. The molecular formula is C16H26N2O. The van der Waals surface area contributed by atoms with Crippen molar-refractivity contribution in [2.24, 2.45) is 11.7 Å². The summed E-state index contributed by atoms with van der Waals surface area (Å²) in [6.07, 6.45) is 3.26. The highest BCUT2D eigenvalue weighted by Gasteiger charge is 2.22. The molecule has 3 nitrogen and oxygen atoms in total. The zero-order chi connectivity index (χ0) is 13.7. The van der Waals surface area contributed by atoms with Crippen molar-refractivity contribution < 1.29 is 4.74 Å².